The summed E-state index contributed by atoms with van der Waals surface area (Å²) in [6.45, 7) is 22.7. The van der Waals surface area contributed by atoms with Gasteiger partial charge in [-0.3, -0.25) is 11.6 Å². The summed E-state index contributed by atoms with van der Waals surface area (Å²) in [5.41, 5.74) is -0.482. The van der Waals surface area contributed by atoms with E-state index in [0.717, 1.165) is 12.8 Å². The molecule has 4 heteroatoms. The number of hydrogen-bond donors (Lipinski definition) is 0. The number of carbonyl (C=O) groups excluding carboxylic acids is 2. The summed E-state index contributed by atoms with van der Waals surface area (Å²) in [6, 6.07) is 0. The maximum Gasteiger partial charge on any atom is 0.229 e. The van der Waals surface area contributed by atoms with E-state index in [1.807, 2.05) is 0 Å². The maximum atomic E-state index is 13.1. The minimum Gasteiger partial charge on any atom is -0.545 e. The Morgan fingerprint density at radius 1 is 1.09 bits per heavy atom. The molecule has 1 radical (unpaired) electrons. The van der Waals surface area contributed by atoms with Crippen molar-refractivity contribution in [3.8, 4) is 0 Å². The first-order valence-electron chi connectivity index (χ1n) is 7.72. The summed E-state index contributed by atoms with van der Waals surface area (Å²) in [6.07, 6.45) is 2.02. The molecule has 1 aliphatic rings. The van der Waals surface area contributed by atoms with Crippen LogP contribution in [0.25, 0.3) is 0 Å². The molecular formula is C18H33NO2Y-2. The second-order valence-corrected chi connectivity index (χ2v) is 8.45. The molecule has 0 spiro atoms. The SMILES string of the molecule is C[C-]1CC(C)(C)N(C(=O)C(C)(C)C(C)C)C(C)(C)C1.[CH-]=O.[Y]. The van der Waals surface area contributed by atoms with Crippen LogP contribution < -0.4 is 0 Å². The third-order valence-electron chi connectivity index (χ3n) is 4.88. The van der Waals surface area contributed by atoms with Gasteiger partial charge in [-0.05, 0) is 33.6 Å². The molecule has 1 aliphatic heterocycles. The van der Waals surface area contributed by atoms with Crippen LogP contribution in [0.1, 0.15) is 75.2 Å². The number of rotatable bonds is 2. The van der Waals surface area contributed by atoms with Crippen LogP contribution in [-0.2, 0) is 42.3 Å². The van der Waals surface area contributed by atoms with Crippen LogP contribution in [0.3, 0.4) is 0 Å². The number of nitrogens with zero attached hydrogens (tertiary/aromatic N) is 1. The molecule has 0 atom stereocenters. The van der Waals surface area contributed by atoms with Gasteiger partial charge in [-0.25, -0.2) is 0 Å². The molecule has 22 heavy (non-hydrogen) atoms. The molecule has 0 aliphatic carbocycles. The Kier molecular flexibility index (Phi) is 9.32. The summed E-state index contributed by atoms with van der Waals surface area (Å²) in [5, 5.41) is 0. The fourth-order valence-corrected chi connectivity index (χ4v) is 3.60. The van der Waals surface area contributed by atoms with Crippen molar-refractivity contribution in [1.29, 1.82) is 0 Å². The van der Waals surface area contributed by atoms with E-state index in [9.17, 15) is 4.79 Å². The Balaban J connectivity index is 0. The van der Waals surface area contributed by atoms with E-state index in [1.165, 1.54) is 5.92 Å². The van der Waals surface area contributed by atoms with E-state index in [0.29, 0.717) is 11.8 Å². The Labute approximate surface area is 162 Å². The van der Waals surface area contributed by atoms with E-state index in [1.54, 1.807) is 0 Å². The van der Waals surface area contributed by atoms with Crippen LogP contribution in [0.5, 0.6) is 0 Å². The minimum absolute atomic E-state index is 0. The molecule has 0 saturated carbocycles. The second kappa shape index (κ2) is 8.37. The van der Waals surface area contributed by atoms with Crippen molar-refractivity contribution >= 4 is 12.7 Å². The van der Waals surface area contributed by atoms with Gasteiger partial charge in [-0.15, -0.1) is 0 Å². The fraction of sp³-hybridized carbons (Fsp3) is 0.833. The summed E-state index contributed by atoms with van der Waals surface area (Å²) >= 11 is 0. The third-order valence-corrected chi connectivity index (χ3v) is 4.88. The molecule has 3 nitrogen and oxygen atoms in total. The molecule has 0 N–H and O–H groups in total. The van der Waals surface area contributed by atoms with Crippen molar-refractivity contribution in [2.75, 3.05) is 0 Å². The van der Waals surface area contributed by atoms with Crippen molar-refractivity contribution in [3.05, 3.63) is 5.92 Å². The van der Waals surface area contributed by atoms with Crippen molar-refractivity contribution in [2.45, 2.75) is 86.2 Å². The van der Waals surface area contributed by atoms with Crippen LogP contribution in [0.15, 0.2) is 0 Å². The standard InChI is InChI=1S/C17H32NO.CHO.Y/c1-12(2)17(8,9)14(19)18-15(4,5)10-13(3)11-16(18,6)7;1-2;/h12H,10-11H2,1-9H3;1H;/q2*-1;. The molecule has 1 heterocycles. The average Bonchev–Trinajstić information content (AvgIpc) is 2.27. The van der Waals surface area contributed by atoms with Gasteiger partial charge in [0.1, 0.15) is 0 Å². The smallest absolute Gasteiger partial charge is 0.229 e. The molecule has 0 aromatic carbocycles. The van der Waals surface area contributed by atoms with Crippen molar-refractivity contribution < 1.29 is 42.3 Å². The van der Waals surface area contributed by atoms with Gasteiger partial charge in [0.25, 0.3) is 0 Å². The van der Waals surface area contributed by atoms with Crippen molar-refractivity contribution in [3.63, 3.8) is 0 Å². The normalized spacial score (nSPS) is 20.7. The van der Waals surface area contributed by atoms with Crippen LogP contribution in [-0.4, -0.2) is 28.7 Å². The van der Waals surface area contributed by atoms with Crippen molar-refractivity contribution in [1.82, 2.24) is 4.90 Å². The van der Waals surface area contributed by atoms with Gasteiger partial charge in [0.2, 0.25) is 5.91 Å². The molecular weight excluding hydrogens is 351 g/mol. The van der Waals surface area contributed by atoms with Crippen LogP contribution in [0.4, 0.5) is 0 Å². The predicted molar refractivity (Wildman–Crippen MR) is 88.5 cm³/mol. The quantitative estimate of drug-likeness (QED) is 0.530. The number of piperidine rings is 1. The first kappa shape index (κ1) is 24.5. The Bertz CT molecular complexity index is 357. The van der Waals surface area contributed by atoms with E-state index in [-0.39, 0.29) is 49.2 Å². The molecule has 1 saturated heterocycles. The molecule has 0 unspecified atom stereocenters. The summed E-state index contributed by atoms with van der Waals surface area (Å²) in [5.74, 6) is 2.14. The van der Waals surface area contributed by atoms with Crippen molar-refractivity contribution in [2.24, 2.45) is 11.3 Å². The third kappa shape index (κ3) is 5.13. The second-order valence-electron chi connectivity index (χ2n) is 8.45. The number of hydrogen-bond acceptors (Lipinski definition) is 2. The van der Waals surface area contributed by atoms with E-state index < -0.39 is 0 Å². The largest absolute Gasteiger partial charge is 0.545 e. The zero-order valence-corrected chi connectivity index (χ0v) is 18.7. The van der Waals surface area contributed by atoms with Gasteiger partial charge in [0.05, 0.1) is 0 Å². The Hall–Kier alpha value is 0.244. The average molecular weight is 384 g/mol. The summed E-state index contributed by atoms with van der Waals surface area (Å²) in [7, 11) is 0. The van der Waals surface area contributed by atoms with Gasteiger partial charge in [-0.2, -0.15) is 19.8 Å². The number of carbonyl (C=O) groups is 1. The zero-order chi connectivity index (χ0) is 17.2. The van der Waals surface area contributed by atoms with Gasteiger partial charge >= 0.3 is 0 Å². The van der Waals surface area contributed by atoms with Crippen LogP contribution >= 0.6 is 0 Å². The van der Waals surface area contributed by atoms with E-state index in [2.05, 4.69) is 74.0 Å². The Morgan fingerprint density at radius 3 is 1.68 bits per heavy atom. The number of likely N-dealkylation sites (tertiary alicyclic amines) is 1. The van der Waals surface area contributed by atoms with Crippen LogP contribution in [0.2, 0.25) is 0 Å². The van der Waals surface area contributed by atoms with E-state index in [4.69, 9.17) is 4.79 Å². The molecule has 0 aromatic rings. The van der Waals surface area contributed by atoms with Gasteiger partial charge in [-0.1, -0.05) is 27.7 Å². The van der Waals surface area contributed by atoms with Gasteiger partial charge in [0.15, 0.2) is 0 Å². The molecule has 127 valence electrons. The molecule has 0 aromatic heterocycles. The fourth-order valence-electron chi connectivity index (χ4n) is 3.60. The zero-order valence-electron chi connectivity index (χ0n) is 15.9. The first-order valence-corrected chi connectivity index (χ1v) is 7.72. The molecule has 0 bridgehead atoms. The summed E-state index contributed by atoms with van der Waals surface area (Å²) in [4.78, 5) is 23.0. The Morgan fingerprint density at radius 2 is 1.41 bits per heavy atom. The van der Waals surface area contributed by atoms with Gasteiger partial charge in [0, 0.05) is 49.2 Å². The van der Waals surface area contributed by atoms with Gasteiger partial charge < -0.3 is 15.6 Å². The topological polar surface area (TPSA) is 37.4 Å². The molecule has 1 amide bonds. The van der Waals surface area contributed by atoms with Crippen LogP contribution in [0, 0.1) is 17.3 Å². The predicted octanol–water partition coefficient (Wildman–Crippen LogP) is 4.17. The molecule has 1 fully saturated rings. The number of amides is 1. The minimum atomic E-state index is -0.306. The monoisotopic (exact) mass is 384 g/mol. The molecule has 1 rings (SSSR count). The first-order chi connectivity index (χ1) is 9.32. The maximum absolute atomic E-state index is 13.1. The summed E-state index contributed by atoms with van der Waals surface area (Å²) < 4.78 is 0. The van der Waals surface area contributed by atoms with E-state index >= 15 is 0 Å².